The highest BCUT2D eigenvalue weighted by atomic mass is 15.2. The van der Waals surface area contributed by atoms with Crippen LogP contribution in [-0.4, -0.2) is 23.0 Å². The van der Waals surface area contributed by atoms with Crippen LogP contribution < -0.4 is 5.32 Å². The fraction of sp³-hybridized carbons (Fsp3) is 0.500. The van der Waals surface area contributed by atoms with Crippen molar-refractivity contribution in [3.8, 4) is 0 Å². The predicted molar refractivity (Wildman–Crippen MR) is 104 cm³/mol. The lowest BCUT2D eigenvalue weighted by Gasteiger charge is -2.32. The highest BCUT2D eigenvalue weighted by Crippen LogP contribution is 2.24. The molecule has 0 radical (unpaired) electrons. The first kappa shape index (κ1) is 18.1. The molecule has 0 unspecified atom stereocenters. The van der Waals surface area contributed by atoms with Gasteiger partial charge in [0.1, 0.15) is 0 Å². The van der Waals surface area contributed by atoms with Crippen LogP contribution in [0.5, 0.6) is 0 Å². The maximum absolute atomic E-state index is 4.99. The van der Waals surface area contributed by atoms with E-state index in [0.29, 0.717) is 12.1 Å². The summed E-state index contributed by atoms with van der Waals surface area (Å²) >= 11 is 0. The first-order valence-corrected chi connectivity index (χ1v) is 9.67. The highest BCUT2D eigenvalue weighted by molar-refractivity contribution is 5.20. The van der Waals surface area contributed by atoms with Crippen molar-refractivity contribution >= 4 is 0 Å². The van der Waals surface area contributed by atoms with Crippen LogP contribution >= 0.6 is 0 Å². The molecule has 0 saturated carbocycles. The van der Waals surface area contributed by atoms with Gasteiger partial charge in [0.25, 0.3) is 0 Å². The van der Waals surface area contributed by atoms with Crippen LogP contribution in [0.3, 0.4) is 0 Å². The number of benzene rings is 1. The summed E-state index contributed by atoms with van der Waals surface area (Å²) in [6.45, 7) is 9.11. The number of nitrogens with zero attached hydrogens (tertiary/aromatic N) is 2. The summed E-state index contributed by atoms with van der Waals surface area (Å²) in [7, 11) is 0. The molecule has 2 heterocycles. The average molecular weight is 338 g/mol. The number of hydrogen-bond acceptors (Lipinski definition) is 3. The van der Waals surface area contributed by atoms with Crippen molar-refractivity contribution in [3.05, 3.63) is 65.5 Å². The van der Waals surface area contributed by atoms with Crippen LogP contribution in [0.2, 0.25) is 0 Å². The van der Waals surface area contributed by atoms with Gasteiger partial charge in [-0.05, 0) is 64.4 Å². The minimum Gasteiger partial charge on any atom is -0.302 e. The zero-order valence-corrected chi connectivity index (χ0v) is 15.8. The predicted octanol–water partition coefficient (Wildman–Crippen LogP) is 5.04. The van der Waals surface area contributed by atoms with Crippen molar-refractivity contribution in [3.63, 3.8) is 0 Å². The molecule has 1 aliphatic rings. The van der Waals surface area contributed by atoms with E-state index in [-0.39, 0.29) is 6.04 Å². The molecule has 1 aliphatic heterocycles. The zero-order valence-electron chi connectivity index (χ0n) is 15.8. The SMILES string of the molecule is C[C@@H](N[C@H](C)c1cccc([C@H](C)N2CCCCC2)n1)c1ccccc1. The third-order valence-corrected chi connectivity index (χ3v) is 5.40. The third-order valence-electron chi connectivity index (χ3n) is 5.40. The van der Waals surface area contributed by atoms with Gasteiger partial charge in [-0.25, -0.2) is 0 Å². The number of piperidine rings is 1. The maximum Gasteiger partial charge on any atom is 0.0576 e. The van der Waals surface area contributed by atoms with Crippen molar-refractivity contribution in [2.45, 2.75) is 58.2 Å². The van der Waals surface area contributed by atoms with Gasteiger partial charge in [-0.3, -0.25) is 9.88 Å². The Morgan fingerprint density at radius 1 is 0.800 bits per heavy atom. The van der Waals surface area contributed by atoms with Crippen LogP contribution in [0, 0.1) is 0 Å². The van der Waals surface area contributed by atoms with Crippen molar-refractivity contribution in [2.24, 2.45) is 0 Å². The number of likely N-dealkylation sites (tertiary alicyclic amines) is 1. The third kappa shape index (κ3) is 4.68. The van der Waals surface area contributed by atoms with Crippen LogP contribution in [-0.2, 0) is 0 Å². The van der Waals surface area contributed by atoms with Gasteiger partial charge in [0, 0.05) is 18.1 Å². The minimum absolute atomic E-state index is 0.226. The summed E-state index contributed by atoms with van der Waals surface area (Å²) in [5, 5.41) is 3.68. The molecule has 3 rings (SSSR count). The molecule has 134 valence electrons. The number of nitrogens with one attached hydrogen (secondary N) is 1. The molecule has 2 aromatic rings. The Kier molecular flexibility index (Phi) is 6.22. The lowest BCUT2D eigenvalue weighted by Crippen LogP contribution is -2.33. The highest BCUT2D eigenvalue weighted by Gasteiger charge is 2.20. The Bertz CT molecular complexity index is 649. The fourth-order valence-electron chi connectivity index (χ4n) is 3.73. The van der Waals surface area contributed by atoms with Crippen LogP contribution in [0.4, 0.5) is 0 Å². The smallest absolute Gasteiger partial charge is 0.0576 e. The van der Waals surface area contributed by atoms with E-state index in [1.807, 2.05) is 0 Å². The molecule has 3 atom stereocenters. The standard InChI is InChI=1S/C22H31N3/c1-17(20-11-6-4-7-12-20)23-18(2)21-13-10-14-22(24-21)19(3)25-15-8-5-9-16-25/h4,6-7,10-14,17-19,23H,5,8-9,15-16H2,1-3H3/t17-,18-,19+/m1/s1. The monoisotopic (exact) mass is 337 g/mol. The summed E-state index contributed by atoms with van der Waals surface area (Å²) in [5.74, 6) is 0. The molecule has 1 saturated heterocycles. The Balaban J connectivity index is 1.67. The number of rotatable bonds is 6. The van der Waals surface area contributed by atoms with Crippen molar-refractivity contribution < 1.29 is 0 Å². The second-order valence-electron chi connectivity index (χ2n) is 7.28. The zero-order chi connectivity index (χ0) is 17.6. The van der Waals surface area contributed by atoms with E-state index < -0.39 is 0 Å². The summed E-state index contributed by atoms with van der Waals surface area (Å²) in [5.41, 5.74) is 3.64. The average Bonchev–Trinajstić information content (AvgIpc) is 2.68. The fourth-order valence-corrected chi connectivity index (χ4v) is 3.73. The molecule has 1 fully saturated rings. The van der Waals surface area contributed by atoms with Gasteiger partial charge >= 0.3 is 0 Å². The van der Waals surface area contributed by atoms with Crippen molar-refractivity contribution in [1.82, 2.24) is 15.2 Å². The second-order valence-corrected chi connectivity index (χ2v) is 7.28. The Hall–Kier alpha value is -1.71. The number of aromatic nitrogens is 1. The van der Waals surface area contributed by atoms with E-state index in [0.717, 1.165) is 5.69 Å². The largest absolute Gasteiger partial charge is 0.302 e. The van der Waals surface area contributed by atoms with Gasteiger partial charge < -0.3 is 5.32 Å². The van der Waals surface area contributed by atoms with Gasteiger partial charge in [0.2, 0.25) is 0 Å². The van der Waals surface area contributed by atoms with Gasteiger partial charge in [0.15, 0.2) is 0 Å². The molecule has 0 bridgehead atoms. The molecular weight excluding hydrogens is 306 g/mol. The van der Waals surface area contributed by atoms with Gasteiger partial charge in [-0.15, -0.1) is 0 Å². The molecule has 0 spiro atoms. The summed E-state index contributed by atoms with van der Waals surface area (Å²) < 4.78 is 0. The molecular formula is C22H31N3. The van der Waals surface area contributed by atoms with Gasteiger partial charge in [-0.1, -0.05) is 42.8 Å². The van der Waals surface area contributed by atoms with E-state index in [1.54, 1.807) is 0 Å². The summed E-state index contributed by atoms with van der Waals surface area (Å²) in [6, 6.07) is 18.0. The van der Waals surface area contributed by atoms with Crippen LogP contribution in [0.1, 0.15) is 75.1 Å². The first-order chi connectivity index (χ1) is 12.1. The molecule has 3 heteroatoms. The van der Waals surface area contributed by atoms with Crippen LogP contribution in [0.15, 0.2) is 48.5 Å². The quantitative estimate of drug-likeness (QED) is 0.800. The van der Waals surface area contributed by atoms with Gasteiger partial charge in [-0.2, -0.15) is 0 Å². The molecule has 3 nitrogen and oxygen atoms in total. The summed E-state index contributed by atoms with van der Waals surface area (Å²) in [4.78, 5) is 7.56. The number of hydrogen-bond donors (Lipinski definition) is 1. The van der Waals surface area contributed by atoms with Gasteiger partial charge in [0.05, 0.1) is 11.4 Å². The first-order valence-electron chi connectivity index (χ1n) is 9.67. The Morgan fingerprint density at radius 2 is 1.48 bits per heavy atom. The summed E-state index contributed by atoms with van der Waals surface area (Å²) in [6.07, 6.45) is 4.00. The topological polar surface area (TPSA) is 28.2 Å². The molecule has 1 aromatic heterocycles. The molecule has 1 N–H and O–H groups in total. The lowest BCUT2D eigenvalue weighted by molar-refractivity contribution is 0.171. The van der Waals surface area contributed by atoms with E-state index in [2.05, 4.69) is 79.5 Å². The van der Waals surface area contributed by atoms with E-state index in [9.17, 15) is 0 Å². The van der Waals surface area contributed by atoms with E-state index in [4.69, 9.17) is 4.98 Å². The Labute approximate surface area is 152 Å². The molecule has 25 heavy (non-hydrogen) atoms. The molecule has 0 aliphatic carbocycles. The minimum atomic E-state index is 0.226. The van der Waals surface area contributed by atoms with E-state index >= 15 is 0 Å². The number of pyridine rings is 1. The molecule has 0 amide bonds. The van der Waals surface area contributed by atoms with Crippen molar-refractivity contribution in [2.75, 3.05) is 13.1 Å². The lowest BCUT2D eigenvalue weighted by atomic mass is 10.0. The van der Waals surface area contributed by atoms with Crippen LogP contribution in [0.25, 0.3) is 0 Å². The normalized spacial score (nSPS) is 19.3. The maximum atomic E-state index is 4.99. The van der Waals surface area contributed by atoms with E-state index in [1.165, 1.54) is 43.6 Å². The van der Waals surface area contributed by atoms with Crippen molar-refractivity contribution in [1.29, 1.82) is 0 Å². The Morgan fingerprint density at radius 3 is 2.20 bits per heavy atom. The second kappa shape index (κ2) is 8.59. The molecule has 1 aromatic carbocycles.